The number of carbonyl (C=O) groups is 2. The zero-order chi connectivity index (χ0) is 18.0. The van der Waals surface area contributed by atoms with E-state index in [0.717, 1.165) is 5.39 Å². The Bertz CT molecular complexity index is 928. The van der Waals surface area contributed by atoms with Crippen LogP contribution in [-0.4, -0.2) is 38.4 Å². The fourth-order valence-electron chi connectivity index (χ4n) is 2.25. The monoisotopic (exact) mass is 343 g/mol. The van der Waals surface area contributed by atoms with E-state index in [1.165, 1.54) is 6.20 Å². The van der Waals surface area contributed by atoms with Crippen LogP contribution in [0.2, 0.25) is 0 Å². The molecule has 0 radical (unpaired) electrons. The summed E-state index contributed by atoms with van der Waals surface area (Å²) in [5.74, 6) is -0.321. The van der Waals surface area contributed by atoms with Gasteiger partial charge in [-0.25, -0.2) is 14.5 Å². The number of esters is 1. The molecule has 0 saturated carbocycles. The number of amides is 1. The van der Waals surface area contributed by atoms with E-state index in [2.05, 4.69) is 20.6 Å². The largest absolute Gasteiger partial charge is 0.452 e. The summed E-state index contributed by atoms with van der Waals surface area (Å²) in [4.78, 5) is 28.1. The highest BCUT2D eigenvalue weighted by Gasteiger charge is 2.15. The molecule has 3 heterocycles. The molecule has 130 valence electrons. The smallest absolute Gasteiger partial charge is 0.340 e. The number of nitrogens with one attached hydrogen (secondary N) is 1. The molecular weight excluding hydrogens is 326 g/mol. The van der Waals surface area contributed by atoms with Crippen molar-refractivity contribution in [3.8, 4) is 0 Å². The van der Waals surface area contributed by atoms with Crippen molar-refractivity contribution >= 4 is 28.7 Å². The number of anilines is 1. The fraction of sp³-hybridized carbons (Fsp3) is 0.312. The van der Waals surface area contributed by atoms with Crippen LogP contribution < -0.4 is 5.32 Å². The molecule has 0 aromatic carbocycles. The van der Waals surface area contributed by atoms with E-state index < -0.39 is 18.5 Å². The lowest BCUT2D eigenvalue weighted by atomic mass is 10.2. The number of carbonyl (C=O) groups excluding carboxylic acids is 2. The Morgan fingerprint density at radius 2 is 2.12 bits per heavy atom. The third kappa shape index (κ3) is 3.65. The van der Waals surface area contributed by atoms with Crippen molar-refractivity contribution in [3.63, 3.8) is 0 Å². The summed E-state index contributed by atoms with van der Waals surface area (Å²) in [6, 6.07) is 3.35. The van der Waals surface area contributed by atoms with Crippen molar-refractivity contribution in [2.24, 2.45) is 0 Å². The fourth-order valence-corrected chi connectivity index (χ4v) is 2.25. The van der Waals surface area contributed by atoms with Crippen molar-refractivity contribution in [3.05, 3.63) is 35.9 Å². The van der Waals surface area contributed by atoms with E-state index in [1.54, 1.807) is 29.9 Å². The van der Waals surface area contributed by atoms with Crippen LogP contribution in [0.1, 0.15) is 36.0 Å². The second kappa shape index (κ2) is 6.71. The van der Waals surface area contributed by atoms with E-state index in [0.29, 0.717) is 11.4 Å². The second-order valence-electron chi connectivity index (χ2n) is 5.77. The molecule has 3 rings (SSSR count). The van der Waals surface area contributed by atoms with E-state index in [-0.39, 0.29) is 17.4 Å². The molecule has 1 amide bonds. The number of rotatable bonds is 5. The molecule has 0 aliphatic heterocycles. The first-order valence-electron chi connectivity index (χ1n) is 7.67. The lowest BCUT2D eigenvalue weighted by Crippen LogP contribution is -2.21. The van der Waals surface area contributed by atoms with Crippen molar-refractivity contribution in [2.45, 2.75) is 26.8 Å². The van der Waals surface area contributed by atoms with Gasteiger partial charge >= 0.3 is 5.97 Å². The van der Waals surface area contributed by atoms with Gasteiger partial charge in [0.05, 0.1) is 11.8 Å². The lowest BCUT2D eigenvalue weighted by Gasteiger charge is -2.07. The summed E-state index contributed by atoms with van der Waals surface area (Å²) in [6.45, 7) is 5.25. The standard InChI is InChI=1S/C16H17N5O4/c1-9(2)21-15-11(7-18-21)5-12(6-17-15)16(23)24-8-14(22)19-13-4-10(3)25-20-13/h4-7,9H,8H2,1-3H3,(H,19,20,22). The summed E-state index contributed by atoms with van der Waals surface area (Å²) >= 11 is 0. The van der Waals surface area contributed by atoms with Crippen molar-refractivity contribution in [2.75, 3.05) is 11.9 Å². The molecule has 3 aromatic heterocycles. The zero-order valence-electron chi connectivity index (χ0n) is 14.0. The summed E-state index contributed by atoms with van der Waals surface area (Å²) in [7, 11) is 0. The predicted octanol–water partition coefficient (Wildman–Crippen LogP) is 2.10. The van der Waals surface area contributed by atoms with Gasteiger partial charge in [0.1, 0.15) is 5.76 Å². The molecule has 0 saturated heterocycles. The average molecular weight is 343 g/mol. The molecule has 3 aromatic rings. The number of aromatic nitrogens is 4. The summed E-state index contributed by atoms with van der Waals surface area (Å²) in [5, 5.41) is 11.1. The highest BCUT2D eigenvalue weighted by Crippen LogP contribution is 2.17. The number of hydrogen-bond donors (Lipinski definition) is 1. The normalized spacial score (nSPS) is 11.0. The third-order valence-corrected chi connectivity index (χ3v) is 3.39. The number of aryl methyl sites for hydroxylation is 1. The van der Waals surface area contributed by atoms with Crippen LogP contribution in [0.3, 0.4) is 0 Å². The molecular formula is C16H17N5O4. The van der Waals surface area contributed by atoms with Crippen LogP contribution in [-0.2, 0) is 9.53 Å². The number of fused-ring (bicyclic) bond motifs is 1. The molecule has 9 heteroatoms. The van der Waals surface area contributed by atoms with Gasteiger partial charge in [-0.15, -0.1) is 0 Å². The second-order valence-corrected chi connectivity index (χ2v) is 5.77. The van der Waals surface area contributed by atoms with Crippen LogP contribution in [0.5, 0.6) is 0 Å². The summed E-state index contributed by atoms with van der Waals surface area (Å²) in [6.07, 6.45) is 3.04. The maximum absolute atomic E-state index is 12.1. The zero-order valence-corrected chi connectivity index (χ0v) is 14.0. The van der Waals surface area contributed by atoms with Crippen LogP contribution in [0.25, 0.3) is 11.0 Å². The summed E-state index contributed by atoms with van der Waals surface area (Å²) < 4.78 is 11.6. The van der Waals surface area contributed by atoms with Crippen molar-refractivity contribution in [1.29, 1.82) is 0 Å². The third-order valence-electron chi connectivity index (χ3n) is 3.39. The van der Waals surface area contributed by atoms with Crippen LogP contribution in [0, 0.1) is 6.92 Å². The van der Waals surface area contributed by atoms with E-state index >= 15 is 0 Å². The quantitative estimate of drug-likeness (QED) is 0.706. The maximum Gasteiger partial charge on any atom is 0.340 e. The van der Waals surface area contributed by atoms with Gasteiger partial charge in [-0.2, -0.15) is 5.10 Å². The highest BCUT2D eigenvalue weighted by atomic mass is 16.5. The minimum atomic E-state index is -0.641. The Morgan fingerprint density at radius 3 is 2.80 bits per heavy atom. The SMILES string of the molecule is Cc1cc(NC(=O)COC(=O)c2cnc3c(cnn3C(C)C)c2)no1. The lowest BCUT2D eigenvalue weighted by molar-refractivity contribution is -0.119. The van der Waals surface area contributed by atoms with Gasteiger partial charge in [0, 0.05) is 23.7 Å². The Labute approximate surface area is 143 Å². The number of ether oxygens (including phenoxy) is 1. The van der Waals surface area contributed by atoms with E-state index in [1.807, 2.05) is 13.8 Å². The molecule has 0 unspecified atom stereocenters. The first-order valence-corrected chi connectivity index (χ1v) is 7.67. The number of nitrogens with zero attached hydrogens (tertiary/aromatic N) is 4. The van der Waals surface area contributed by atoms with Gasteiger partial charge in [-0.3, -0.25) is 4.79 Å². The predicted molar refractivity (Wildman–Crippen MR) is 88.1 cm³/mol. The van der Waals surface area contributed by atoms with Gasteiger partial charge in [-0.1, -0.05) is 5.16 Å². The molecule has 0 aliphatic carbocycles. The minimum absolute atomic E-state index is 0.159. The number of pyridine rings is 1. The average Bonchev–Trinajstić information content (AvgIpc) is 3.18. The molecule has 0 fully saturated rings. The van der Waals surface area contributed by atoms with Gasteiger partial charge in [0.2, 0.25) is 0 Å². The molecule has 0 atom stereocenters. The molecule has 0 spiro atoms. The van der Waals surface area contributed by atoms with E-state index in [9.17, 15) is 9.59 Å². The molecule has 25 heavy (non-hydrogen) atoms. The Hall–Kier alpha value is -3.23. The first kappa shape index (κ1) is 16.6. The van der Waals surface area contributed by atoms with Crippen molar-refractivity contribution < 1.29 is 18.8 Å². The van der Waals surface area contributed by atoms with Crippen LogP contribution in [0.15, 0.2) is 29.0 Å². The van der Waals surface area contributed by atoms with Crippen LogP contribution in [0.4, 0.5) is 5.82 Å². The first-order chi connectivity index (χ1) is 11.9. The summed E-state index contributed by atoms with van der Waals surface area (Å²) in [5.41, 5.74) is 0.937. The number of hydrogen-bond acceptors (Lipinski definition) is 7. The molecule has 9 nitrogen and oxygen atoms in total. The molecule has 0 bridgehead atoms. The van der Waals surface area contributed by atoms with Gasteiger partial charge in [-0.05, 0) is 26.8 Å². The Balaban J connectivity index is 1.63. The molecule has 0 aliphatic rings. The van der Waals surface area contributed by atoms with Crippen LogP contribution >= 0.6 is 0 Å². The molecule has 1 N–H and O–H groups in total. The van der Waals surface area contributed by atoms with Gasteiger partial charge < -0.3 is 14.6 Å². The Morgan fingerprint density at radius 1 is 1.32 bits per heavy atom. The van der Waals surface area contributed by atoms with Gasteiger partial charge in [0.25, 0.3) is 5.91 Å². The highest BCUT2D eigenvalue weighted by molar-refractivity contribution is 5.96. The Kier molecular flexibility index (Phi) is 4.46. The van der Waals surface area contributed by atoms with Crippen molar-refractivity contribution in [1.82, 2.24) is 19.9 Å². The topological polar surface area (TPSA) is 112 Å². The van der Waals surface area contributed by atoms with E-state index in [4.69, 9.17) is 9.26 Å². The van der Waals surface area contributed by atoms with Gasteiger partial charge in [0.15, 0.2) is 18.1 Å². The minimum Gasteiger partial charge on any atom is -0.452 e. The maximum atomic E-state index is 12.1.